The molecule has 100 valence electrons. The Morgan fingerprint density at radius 2 is 1.95 bits per heavy atom. The largest absolute Gasteiger partial charge is 0.490 e. The van der Waals surface area contributed by atoms with Crippen LogP contribution >= 0.6 is 0 Å². The first-order valence-corrected chi connectivity index (χ1v) is 6.86. The van der Waals surface area contributed by atoms with Gasteiger partial charge in [0.15, 0.2) is 0 Å². The highest BCUT2D eigenvalue weighted by Gasteiger charge is 2.15. The minimum atomic E-state index is 0.227. The summed E-state index contributed by atoms with van der Waals surface area (Å²) in [5, 5.41) is 2.11. The van der Waals surface area contributed by atoms with Crippen LogP contribution in [0.5, 0.6) is 5.75 Å². The zero-order valence-corrected chi connectivity index (χ0v) is 11.0. The Bertz CT molecular complexity index is 562. The van der Waals surface area contributed by atoms with Gasteiger partial charge in [-0.2, -0.15) is 0 Å². The Kier molecular flexibility index (Phi) is 3.56. The minimum Gasteiger partial charge on any atom is -0.490 e. The lowest BCUT2D eigenvalue weighted by molar-refractivity contribution is -0.0107. The van der Waals surface area contributed by atoms with Crippen LogP contribution in [0.1, 0.15) is 19.3 Å². The second-order valence-electron chi connectivity index (χ2n) is 5.00. The van der Waals surface area contributed by atoms with Crippen molar-refractivity contribution < 1.29 is 9.47 Å². The molecule has 1 atom stereocenters. The van der Waals surface area contributed by atoms with Crippen LogP contribution in [-0.4, -0.2) is 19.3 Å². The Morgan fingerprint density at radius 1 is 1.11 bits per heavy atom. The van der Waals surface area contributed by atoms with Gasteiger partial charge in [-0.1, -0.05) is 24.3 Å². The number of benzene rings is 2. The van der Waals surface area contributed by atoms with Crippen LogP contribution in [0.25, 0.3) is 10.8 Å². The van der Waals surface area contributed by atoms with Gasteiger partial charge in [-0.3, -0.25) is 0 Å². The zero-order valence-electron chi connectivity index (χ0n) is 11.0. The molecule has 0 amide bonds. The van der Waals surface area contributed by atoms with E-state index in [0.29, 0.717) is 6.61 Å². The van der Waals surface area contributed by atoms with Gasteiger partial charge in [-0.25, -0.2) is 0 Å². The first-order valence-electron chi connectivity index (χ1n) is 6.86. The van der Waals surface area contributed by atoms with Crippen molar-refractivity contribution in [3.8, 4) is 5.75 Å². The van der Waals surface area contributed by atoms with Gasteiger partial charge in [-0.15, -0.1) is 0 Å². The molecule has 1 saturated heterocycles. The van der Waals surface area contributed by atoms with Gasteiger partial charge >= 0.3 is 0 Å². The summed E-state index contributed by atoms with van der Waals surface area (Å²) < 4.78 is 11.6. The first kappa shape index (κ1) is 12.3. The third-order valence-electron chi connectivity index (χ3n) is 3.62. The van der Waals surface area contributed by atoms with Crippen molar-refractivity contribution in [2.75, 3.05) is 18.9 Å². The normalized spacial score (nSPS) is 19.5. The van der Waals surface area contributed by atoms with Crippen LogP contribution in [0.15, 0.2) is 36.4 Å². The lowest BCUT2D eigenvalue weighted by Gasteiger charge is -2.23. The molecule has 0 spiro atoms. The molecule has 3 nitrogen and oxygen atoms in total. The van der Waals surface area contributed by atoms with E-state index < -0.39 is 0 Å². The molecule has 0 aliphatic carbocycles. The van der Waals surface area contributed by atoms with Crippen molar-refractivity contribution in [3.63, 3.8) is 0 Å². The fourth-order valence-corrected chi connectivity index (χ4v) is 2.54. The summed E-state index contributed by atoms with van der Waals surface area (Å²) >= 11 is 0. The van der Waals surface area contributed by atoms with Gasteiger partial charge in [0.1, 0.15) is 12.4 Å². The number of hydrogen-bond acceptors (Lipinski definition) is 3. The number of nitrogens with two attached hydrogens (primary N) is 1. The Balaban J connectivity index is 1.79. The number of ether oxygens (including phenoxy) is 2. The second kappa shape index (κ2) is 5.49. The third-order valence-corrected chi connectivity index (χ3v) is 3.62. The highest BCUT2D eigenvalue weighted by Crippen LogP contribution is 2.30. The molecule has 0 saturated carbocycles. The quantitative estimate of drug-likeness (QED) is 0.857. The molecule has 0 radical (unpaired) electrons. The van der Waals surface area contributed by atoms with E-state index in [-0.39, 0.29) is 6.10 Å². The second-order valence-corrected chi connectivity index (χ2v) is 5.00. The molecule has 3 rings (SSSR count). The Morgan fingerprint density at radius 3 is 2.74 bits per heavy atom. The number of nitrogen functional groups attached to an aromatic ring is 1. The lowest BCUT2D eigenvalue weighted by atomic mass is 10.1. The summed E-state index contributed by atoms with van der Waals surface area (Å²) in [7, 11) is 0. The molecule has 0 bridgehead atoms. The van der Waals surface area contributed by atoms with E-state index in [1.165, 1.54) is 12.8 Å². The Hall–Kier alpha value is -1.74. The topological polar surface area (TPSA) is 44.5 Å². The van der Waals surface area contributed by atoms with Crippen molar-refractivity contribution in [2.45, 2.75) is 25.4 Å². The standard InChI is InChI=1S/C16H19NO2/c17-15-8-9-16(14-7-2-1-6-13(14)15)19-11-12-5-3-4-10-18-12/h1-2,6-9,12H,3-5,10-11,17H2. The lowest BCUT2D eigenvalue weighted by Crippen LogP contribution is -2.25. The molecular formula is C16H19NO2. The van der Waals surface area contributed by atoms with E-state index in [1.54, 1.807) is 0 Å². The fraction of sp³-hybridized carbons (Fsp3) is 0.375. The number of rotatable bonds is 3. The molecule has 1 aliphatic heterocycles. The van der Waals surface area contributed by atoms with Crippen LogP contribution in [0.3, 0.4) is 0 Å². The van der Waals surface area contributed by atoms with Gasteiger partial charge in [0, 0.05) is 23.1 Å². The molecule has 3 heteroatoms. The van der Waals surface area contributed by atoms with Gasteiger partial charge in [0.25, 0.3) is 0 Å². The van der Waals surface area contributed by atoms with E-state index >= 15 is 0 Å². The maximum Gasteiger partial charge on any atom is 0.127 e. The average Bonchev–Trinajstić information content (AvgIpc) is 2.48. The highest BCUT2D eigenvalue weighted by atomic mass is 16.5. The van der Waals surface area contributed by atoms with Gasteiger partial charge in [0.2, 0.25) is 0 Å². The maximum absolute atomic E-state index is 5.98. The van der Waals surface area contributed by atoms with Crippen LogP contribution in [-0.2, 0) is 4.74 Å². The predicted molar refractivity (Wildman–Crippen MR) is 77.4 cm³/mol. The third kappa shape index (κ3) is 2.66. The minimum absolute atomic E-state index is 0.227. The highest BCUT2D eigenvalue weighted by molar-refractivity contribution is 5.96. The fourth-order valence-electron chi connectivity index (χ4n) is 2.54. The van der Waals surface area contributed by atoms with Crippen LogP contribution in [0, 0.1) is 0 Å². The Labute approximate surface area is 113 Å². The van der Waals surface area contributed by atoms with Crippen molar-refractivity contribution in [1.82, 2.24) is 0 Å². The molecule has 2 aromatic rings. The maximum atomic E-state index is 5.98. The molecule has 1 aliphatic rings. The molecule has 1 fully saturated rings. The molecule has 1 unspecified atom stereocenters. The SMILES string of the molecule is Nc1ccc(OCC2CCCCO2)c2ccccc12. The van der Waals surface area contributed by atoms with E-state index in [2.05, 4.69) is 0 Å². The smallest absolute Gasteiger partial charge is 0.127 e. The van der Waals surface area contributed by atoms with Crippen molar-refractivity contribution >= 4 is 16.5 Å². The van der Waals surface area contributed by atoms with E-state index in [4.69, 9.17) is 15.2 Å². The molecular weight excluding hydrogens is 238 g/mol. The van der Waals surface area contributed by atoms with Crippen molar-refractivity contribution in [2.24, 2.45) is 0 Å². The van der Waals surface area contributed by atoms with Crippen LogP contribution in [0.4, 0.5) is 5.69 Å². The molecule has 2 N–H and O–H groups in total. The van der Waals surface area contributed by atoms with Gasteiger partial charge in [-0.05, 0) is 31.4 Å². The first-order chi connectivity index (χ1) is 9.34. The van der Waals surface area contributed by atoms with Gasteiger partial charge < -0.3 is 15.2 Å². The van der Waals surface area contributed by atoms with Crippen molar-refractivity contribution in [3.05, 3.63) is 36.4 Å². The number of anilines is 1. The summed E-state index contributed by atoms with van der Waals surface area (Å²) in [5.74, 6) is 0.888. The van der Waals surface area contributed by atoms with Crippen molar-refractivity contribution in [1.29, 1.82) is 0 Å². The molecule has 1 heterocycles. The van der Waals surface area contributed by atoms with E-state index in [0.717, 1.165) is 35.2 Å². The summed E-state index contributed by atoms with van der Waals surface area (Å²) in [6, 6.07) is 11.9. The van der Waals surface area contributed by atoms with Crippen LogP contribution < -0.4 is 10.5 Å². The number of hydrogen-bond donors (Lipinski definition) is 1. The zero-order chi connectivity index (χ0) is 13.1. The number of fused-ring (bicyclic) bond motifs is 1. The predicted octanol–water partition coefficient (Wildman–Crippen LogP) is 3.37. The summed E-state index contributed by atoms with van der Waals surface area (Å²) in [6.07, 6.45) is 3.72. The monoisotopic (exact) mass is 257 g/mol. The van der Waals surface area contributed by atoms with Crippen LogP contribution in [0.2, 0.25) is 0 Å². The summed E-state index contributed by atoms with van der Waals surface area (Å²) in [5.41, 5.74) is 6.77. The molecule has 19 heavy (non-hydrogen) atoms. The molecule has 0 aromatic heterocycles. The van der Waals surface area contributed by atoms with E-state index in [9.17, 15) is 0 Å². The van der Waals surface area contributed by atoms with E-state index in [1.807, 2.05) is 36.4 Å². The van der Waals surface area contributed by atoms with Gasteiger partial charge in [0.05, 0.1) is 6.10 Å². The summed E-state index contributed by atoms with van der Waals surface area (Å²) in [4.78, 5) is 0. The average molecular weight is 257 g/mol. The molecule has 2 aromatic carbocycles. The summed E-state index contributed by atoms with van der Waals surface area (Å²) in [6.45, 7) is 1.48.